The van der Waals surface area contributed by atoms with Crippen molar-refractivity contribution in [2.45, 2.75) is 25.7 Å². The van der Waals surface area contributed by atoms with Gasteiger partial charge >= 0.3 is 0 Å². The molecule has 142 valence electrons. The van der Waals surface area contributed by atoms with E-state index in [4.69, 9.17) is 14.7 Å². The largest absolute Gasteiger partial charge is 0.493 e. The Labute approximate surface area is 178 Å². The first-order chi connectivity index (χ1) is 13.6. The molecule has 5 nitrogen and oxygen atoms in total. The first-order valence-electron chi connectivity index (χ1n) is 9.19. The maximum absolute atomic E-state index is 5.74. The van der Waals surface area contributed by atoms with E-state index in [0.29, 0.717) is 0 Å². The number of nitrogens with one attached hydrogen (secondary N) is 2. The molecule has 0 saturated heterocycles. The van der Waals surface area contributed by atoms with Gasteiger partial charge in [-0.25, -0.2) is 0 Å². The quantitative estimate of drug-likeness (QED) is 0.468. The lowest BCUT2D eigenvalue weighted by molar-refractivity contribution is 0.412. The minimum Gasteiger partial charge on any atom is -0.493 e. The highest BCUT2D eigenvalue weighted by atomic mass is 79.9. The number of aromatic nitrogens is 4. The lowest BCUT2D eigenvalue weighted by atomic mass is 10.2. The maximum atomic E-state index is 5.74. The van der Waals surface area contributed by atoms with Gasteiger partial charge in [-0.3, -0.25) is 9.97 Å². The smallest absolute Gasteiger partial charge is 0.164 e. The van der Waals surface area contributed by atoms with Gasteiger partial charge in [-0.2, -0.15) is 0 Å². The van der Waals surface area contributed by atoms with Crippen molar-refractivity contribution in [1.82, 2.24) is 19.9 Å². The molecule has 0 radical (unpaired) electrons. The van der Waals surface area contributed by atoms with Crippen LogP contribution in [-0.4, -0.2) is 27.0 Å². The van der Waals surface area contributed by atoms with E-state index in [0.717, 1.165) is 85.2 Å². The van der Waals surface area contributed by atoms with Crippen LogP contribution in [0.2, 0.25) is 0 Å². The van der Waals surface area contributed by atoms with Gasteiger partial charge in [-0.05, 0) is 87.9 Å². The minimum atomic E-state index is 0.782. The zero-order valence-corrected chi connectivity index (χ0v) is 18.4. The van der Waals surface area contributed by atoms with Gasteiger partial charge in [0.2, 0.25) is 0 Å². The molecule has 3 aromatic rings. The van der Waals surface area contributed by atoms with E-state index < -0.39 is 0 Å². The Hall–Kier alpha value is -2.12. The third-order valence-corrected chi connectivity index (χ3v) is 6.36. The summed E-state index contributed by atoms with van der Waals surface area (Å²) in [5.74, 6) is 0.782. The first kappa shape index (κ1) is 17.9. The zero-order valence-electron chi connectivity index (χ0n) is 15.3. The second kappa shape index (κ2) is 7.04. The van der Waals surface area contributed by atoms with Gasteiger partial charge < -0.3 is 14.7 Å². The van der Waals surface area contributed by atoms with Crippen molar-refractivity contribution in [1.29, 1.82) is 0 Å². The fourth-order valence-electron chi connectivity index (χ4n) is 3.79. The fourth-order valence-corrected chi connectivity index (χ4v) is 4.78. The molecule has 2 aliphatic heterocycles. The number of fused-ring (bicyclic) bond motifs is 8. The molecule has 0 saturated carbocycles. The second-order valence-electron chi connectivity index (χ2n) is 7.04. The zero-order chi connectivity index (χ0) is 19.3. The summed E-state index contributed by atoms with van der Waals surface area (Å²) in [6.45, 7) is 0. The highest BCUT2D eigenvalue weighted by Crippen LogP contribution is 2.32. The van der Waals surface area contributed by atoms with Gasteiger partial charge in [0.05, 0.1) is 23.8 Å². The highest BCUT2D eigenvalue weighted by molar-refractivity contribution is 9.11. The van der Waals surface area contributed by atoms with Crippen LogP contribution < -0.4 is 4.74 Å². The Kier molecular flexibility index (Phi) is 4.51. The molecule has 0 spiro atoms. The number of aryl methyl sites for hydroxylation is 4. The molecular formula is C21H18Br2N4O. The van der Waals surface area contributed by atoms with Gasteiger partial charge in [0, 0.05) is 37.1 Å². The third kappa shape index (κ3) is 3.26. The van der Waals surface area contributed by atoms with Gasteiger partial charge in [0.15, 0.2) is 5.75 Å². The summed E-state index contributed by atoms with van der Waals surface area (Å²) in [6, 6.07) is 10.5. The number of ether oxygens (including phenoxy) is 1. The molecule has 2 N–H and O–H groups in total. The van der Waals surface area contributed by atoms with Crippen LogP contribution in [0.15, 0.2) is 39.3 Å². The van der Waals surface area contributed by atoms with Crippen molar-refractivity contribution < 1.29 is 4.74 Å². The van der Waals surface area contributed by atoms with Crippen LogP contribution in [-0.2, 0) is 25.7 Å². The molecule has 8 bridgehead atoms. The Morgan fingerprint density at radius 3 is 2.21 bits per heavy atom. The Bertz CT molecular complexity index is 1240. The normalized spacial score (nSPS) is 13.7. The Balaban J connectivity index is 1.89. The van der Waals surface area contributed by atoms with Gasteiger partial charge in [-0.15, -0.1) is 0 Å². The number of rotatable bonds is 1. The molecule has 5 rings (SSSR count). The van der Waals surface area contributed by atoms with Gasteiger partial charge in [0.25, 0.3) is 0 Å². The number of aromatic amines is 2. The number of halogens is 2. The van der Waals surface area contributed by atoms with Crippen molar-refractivity contribution in [2.75, 3.05) is 7.11 Å². The number of methoxy groups -OCH3 is 1. The highest BCUT2D eigenvalue weighted by Gasteiger charge is 2.15. The molecular weight excluding hydrogens is 484 g/mol. The summed E-state index contributed by atoms with van der Waals surface area (Å²) >= 11 is 7.32. The SMILES string of the molecule is COc1c2nc(cc3cc(Br)c(cc4nc(cc5cc(Br)c1[nH]5)CC4)[nH]3)CC2. The van der Waals surface area contributed by atoms with Crippen molar-refractivity contribution in [2.24, 2.45) is 0 Å². The molecule has 0 aromatic carbocycles. The van der Waals surface area contributed by atoms with Crippen LogP contribution >= 0.6 is 31.9 Å². The fraction of sp³-hybridized carbons (Fsp3) is 0.238. The summed E-state index contributed by atoms with van der Waals surface area (Å²) in [7, 11) is 1.70. The van der Waals surface area contributed by atoms with Crippen LogP contribution in [0.1, 0.15) is 22.8 Å². The van der Waals surface area contributed by atoms with Crippen LogP contribution in [0.3, 0.4) is 0 Å². The van der Waals surface area contributed by atoms with E-state index in [-0.39, 0.29) is 0 Å². The molecule has 28 heavy (non-hydrogen) atoms. The van der Waals surface area contributed by atoms with E-state index in [1.54, 1.807) is 7.11 Å². The lowest BCUT2D eigenvalue weighted by Crippen LogP contribution is -1.90. The summed E-state index contributed by atoms with van der Waals surface area (Å²) in [5.41, 5.74) is 8.14. The van der Waals surface area contributed by atoms with Crippen LogP contribution in [0.5, 0.6) is 5.75 Å². The van der Waals surface area contributed by atoms with Gasteiger partial charge in [-0.1, -0.05) is 0 Å². The van der Waals surface area contributed by atoms with Crippen LogP contribution in [0.25, 0.3) is 22.1 Å². The number of hydrogen-bond donors (Lipinski definition) is 2. The molecule has 2 aliphatic rings. The standard InChI is InChI=1S/C21H18Br2N4O/c1-28-21-18-5-4-12(25-18)7-14-8-16(22)19(26-14)10-13-3-2-11(24-13)6-15-9-17(23)20(21)27-15/h6-10,26-27H,2-5H2,1H3. The van der Waals surface area contributed by atoms with E-state index in [2.05, 4.69) is 72.2 Å². The minimum absolute atomic E-state index is 0.782. The average molecular weight is 502 g/mol. The number of hydrogen-bond acceptors (Lipinski definition) is 3. The van der Waals surface area contributed by atoms with Gasteiger partial charge in [0.1, 0.15) is 0 Å². The van der Waals surface area contributed by atoms with Crippen molar-refractivity contribution >= 4 is 53.9 Å². The van der Waals surface area contributed by atoms with Crippen LogP contribution in [0, 0.1) is 0 Å². The summed E-state index contributed by atoms with van der Waals surface area (Å²) in [4.78, 5) is 16.6. The molecule has 0 fully saturated rings. The summed E-state index contributed by atoms with van der Waals surface area (Å²) in [6.07, 6.45) is 3.61. The molecule has 7 heteroatoms. The van der Waals surface area contributed by atoms with Crippen molar-refractivity contribution in [3.63, 3.8) is 0 Å². The van der Waals surface area contributed by atoms with E-state index in [9.17, 15) is 0 Å². The molecule has 3 aromatic heterocycles. The monoisotopic (exact) mass is 500 g/mol. The molecule has 0 aliphatic carbocycles. The number of nitrogens with zero attached hydrogens (tertiary/aromatic N) is 2. The maximum Gasteiger partial charge on any atom is 0.164 e. The summed E-state index contributed by atoms with van der Waals surface area (Å²) in [5, 5.41) is 0. The molecule has 5 heterocycles. The van der Waals surface area contributed by atoms with Crippen molar-refractivity contribution in [3.05, 3.63) is 62.1 Å². The predicted molar refractivity (Wildman–Crippen MR) is 118 cm³/mol. The molecule has 0 atom stereocenters. The molecule has 0 amide bonds. The lowest BCUT2D eigenvalue weighted by Gasteiger charge is -2.01. The molecule has 0 unspecified atom stereocenters. The van der Waals surface area contributed by atoms with Crippen molar-refractivity contribution in [3.8, 4) is 5.75 Å². The third-order valence-electron chi connectivity index (χ3n) is 5.08. The predicted octanol–water partition coefficient (Wildman–Crippen LogP) is 5.42. The second-order valence-corrected chi connectivity index (χ2v) is 8.75. The van der Waals surface area contributed by atoms with E-state index in [1.807, 2.05) is 0 Å². The Morgan fingerprint density at radius 2 is 1.43 bits per heavy atom. The van der Waals surface area contributed by atoms with Crippen LogP contribution in [0.4, 0.5) is 0 Å². The van der Waals surface area contributed by atoms with E-state index in [1.165, 1.54) is 0 Å². The number of H-pyrrole nitrogens is 2. The average Bonchev–Trinajstić information content (AvgIpc) is 3.42. The Morgan fingerprint density at radius 1 is 0.786 bits per heavy atom. The topological polar surface area (TPSA) is 66.6 Å². The summed E-state index contributed by atoms with van der Waals surface area (Å²) < 4.78 is 7.74. The van der Waals surface area contributed by atoms with E-state index >= 15 is 0 Å². The first-order valence-corrected chi connectivity index (χ1v) is 10.8.